The fraction of sp³-hybridized carbons (Fsp3) is 0. The third kappa shape index (κ3) is 2.66. The fourth-order valence-electron chi connectivity index (χ4n) is 3.79. The Bertz CT molecular complexity index is 1500. The van der Waals surface area contributed by atoms with E-state index in [1.807, 2.05) is 36.4 Å². The number of oxazole rings is 1. The van der Waals surface area contributed by atoms with Gasteiger partial charge >= 0.3 is 0 Å². The second kappa shape index (κ2) is 6.45. The Morgan fingerprint density at radius 1 is 0.724 bits per heavy atom. The number of nitrogens with zero attached hydrogens (tertiary/aromatic N) is 1. The molecule has 4 heteroatoms. The Kier molecular flexibility index (Phi) is 3.73. The summed E-state index contributed by atoms with van der Waals surface area (Å²) in [5, 5.41) is 2.97. The van der Waals surface area contributed by atoms with Gasteiger partial charge in [0, 0.05) is 21.0 Å². The number of halogens is 1. The van der Waals surface area contributed by atoms with Crippen molar-refractivity contribution in [1.82, 2.24) is 4.98 Å². The van der Waals surface area contributed by atoms with Crippen molar-refractivity contribution >= 4 is 54.2 Å². The molecule has 0 radical (unpaired) electrons. The van der Waals surface area contributed by atoms with E-state index in [0.717, 1.165) is 41.9 Å². The van der Waals surface area contributed by atoms with Gasteiger partial charge in [0.25, 0.3) is 0 Å². The molecule has 2 nitrogen and oxygen atoms in total. The van der Waals surface area contributed by atoms with Crippen LogP contribution in [0.5, 0.6) is 0 Å². The molecule has 0 aliphatic carbocycles. The summed E-state index contributed by atoms with van der Waals surface area (Å²) in [7, 11) is 0. The Morgan fingerprint density at radius 2 is 1.48 bits per heavy atom. The predicted octanol–water partition coefficient (Wildman–Crippen LogP) is 8.18. The van der Waals surface area contributed by atoms with Crippen LogP contribution in [0.25, 0.3) is 53.9 Å². The molecule has 29 heavy (non-hydrogen) atoms. The van der Waals surface area contributed by atoms with Gasteiger partial charge in [0.2, 0.25) is 5.89 Å². The zero-order chi connectivity index (χ0) is 19.4. The molecule has 2 aromatic heterocycles. The van der Waals surface area contributed by atoms with Gasteiger partial charge in [-0.15, -0.1) is 11.3 Å². The average Bonchev–Trinajstić information content (AvgIpc) is 3.36. The van der Waals surface area contributed by atoms with E-state index in [4.69, 9.17) is 21.0 Å². The second-order valence-corrected chi connectivity index (χ2v) is 8.43. The zero-order valence-corrected chi connectivity index (χ0v) is 16.8. The molecule has 0 fully saturated rings. The number of rotatable bonds is 2. The molecule has 0 unspecified atom stereocenters. The number of aromatic nitrogens is 1. The van der Waals surface area contributed by atoms with Crippen LogP contribution < -0.4 is 0 Å². The number of hydrogen-bond acceptors (Lipinski definition) is 3. The van der Waals surface area contributed by atoms with E-state index in [1.54, 1.807) is 11.3 Å². The van der Waals surface area contributed by atoms with E-state index in [1.165, 1.54) is 11.1 Å². The standard InChI is InChI=1S/C25H14ClNOS/c26-19-8-4-7-18-22-21(29-24(18)19)14-13-20-23(22)28-25(27-20)17-11-9-16(10-12-17)15-5-2-1-3-6-15/h1-14H. The van der Waals surface area contributed by atoms with Gasteiger partial charge in [0.05, 0.1) is 9.72 Å². The third-order valence-corrected chi connectivity index (χ3v) is 6.84. The minimum atomic E-state index is 0.633. The molecule has 138 valence electrons. The highest BCUT2D eigenvalue weighted by atomic mass is 35.5. The number of hydrogen-bond donors (Lipinski definition) is 0. The van der Waals surface area contributed by atoms with Gasteiger partial charge in [0.1, 0.15) is 5.52 Å². The van der Waals surface area contributed by atoms with Gasteiger partial charge in [-0.1, -0.05) is 66.2 Å². The lowest BCUT2D eigenvalue weighted by molar-refractivity contribution is 0.623. The molecule has 0 aliphatic heterocycles. The van der Waals surface area contributed by atoms with Crippen LogP contribution in [0.15, 0.2) is 89.3 Å². The highest BCUT2D eigenvalue weighted by Gasteiger charge is 2.16. The van der Waals surface area contributed by atoms with E-state index >= 15 is 0 Å². The quantitative estimate of drug-likeness (QED) is 0.287. The molecule has 0 saturated carbocycles. The number of benzene rings is 4. The van der Waals surface area contributed by atoms with E-state index in [9.17, 15) is 0 Å². The van der Waals surface area contributed by atoms with E-state index < -0.39 is 0 Å². The molecule has 0 amide bonds. The summed E-state index contributed by atoms with van der Waals surface area (Å²) >= 11 is 8.10. The van der Waals surface area contributed by atoms with Gasteiger partial charge in [-0.2, -0.15) is 0 Å². The molecule has 0 atom stereocenters. The minimum Gasteiger partial charge on any atom is -0.435 e. The monoisotopic (exact) mass is 411 g/mol. The van der Waals surface area contributed by atoms with Crippen molar-refractivity contribution in [3.8, 4) is 22.6 Å². The van der Waals surface area contributed by atoms with Crippen LogP contribution in [-0.4, -0.2) is 4.98 Å². The Balaban J connectivity index is 1.51. The van der Waals surface area contributed by atoms with Crippen LogP contribution in [0.2, 0.25) is 5.02 Å². The van der Waals surface area contributed by atoms with E-state index in [-0.39, 0.29) is 0 Å². The Labute approximate surface area is 176 Å². The smallest absolute Gasteiger partial charge is 0.227 e. The lowest BCUT2D eigenvalue weighted by Gasteiger charge is -2.02. The first kappa shape index (κ1) is 16.8. The molecule has 2 heterocycles. The van der Waals surface area contributed by atoms with Crippen molar-refractivity contribution < 1.29 is 4.42 Å². The molecule has 6 rings (SSSR count). The molecule has 0 saturated heterocycles. The first-order valence-electron chi connectivity index (χ1n) is 9.34. The predicted molar refractivity (Wildman–Crippen MR) is 123 cm³/mol. The van der Waals surface area contributed by atoms with Crippen molar-refractivity contribution in [1.29, 1.82) is 0 Å². The largest absolute Gasteiger partial charge is 0.435 e. The molecule has 0 aliphatic rings. The first-order chi connectivity index (χ1) is 14.3. The molecule has 0 N–H and O–H groups in total. The lowest BCUT2D eigenvalue weighted by atomic mass is 10.0. The summed E-state index contributed by atoms with van der Waals surface area (Å²) < 4.78 is 8.51. The van der Waals surface area contributed by atoms with Crippen LogP contribution >= 0.6 is 22.9 Å². The van der Waals surface area contributed by atoms with Crippen LogP contribution in [0.1, 0.15) is 0 Å². The van der Waals surface area contributed by atoms with Crippen molar-refractivity contribution in [3.63, 3.8) is 0 Å². The third-order valence-electron chi connectivity index (χ3n) is 5.21. The number of thiophene rings is 1. The molecule has 0 spiro atoms. The molecule has 6 aromatic rings. The highest BCUT2D eigenvalue weighted by molar-refractivity contribution is 7.26. The Morgan fingerprint density at radius 3 is 2.31 bits per heavy atom. The van der Waals surface area contributed by atoms with Crippen LogP contribution in [0.4, 0.5) is 0 Å². The maximum atomic E-state index is 6.41. The van der Waals surface area contributed by atoms with E-state index in [0.29, 0.717) is 5.89 Å². The van der Waals surface area contributed by atoms with Crippen molar-refractivity contribution in [3.05, 3.63) is 90.0 Å². The average molecular weight is 412 g/mol. The minimum absolute atomic E-state index is 0.633. The summed E-state index contributed by atoms with van der Waals surface area (Å²) in [5.74, 6) is 0.633. The molecular weight excluding hydrogens is 398 g/mol. The normalized spacial score (nSPS) is 11.6. The lowest BCUT2D eigenvalue weighted by Crippen LogP contribution is -1.79. The zero-order valence-electron chi connectivity index (χ0n) is 15.2. The van der Waals surface area contributed by atoms with Gasteiger partial charge in [-0.25, -0.2) is 4.98 Å². The van der Waals surface area contributed by atoms with Gasteiger partial charge in [0.15, 0.2) is 5.58 Å². The fourth-order valence-corrected chi connectivity index (χ4v) is 5.19. The highest BCUT2D eigenvalue weighted by Crippen LogP contribution is 2.42. The maximum Gasteiger partial charge on any atom is 0.227 e. The summed E-state index contributed by atoms with van der Waals surface area (Å²) in [4.78, 5) is 4.75. The molecule has 0 bridgehead atoms. The summed E-state index contributed by atoms with van der Waals surface area (Å²) in [6.45, 7) is 0. The van der Waals surface area contributed by atoms with Gasteiger partial charge < -0.3 is 4.42 Å². The molecule has 4 aromatic carbocycles. The van der Waals surface area contributed by atoms with Crippen LogP contribution in [0.3, 0.4) is 0 Å². The van der Waals surface area contributed by atoms with E-state index in [2.05, 4.69) is 48.5 Å². The van der Waals surface area contributed by atoms with Crippen molar-refractivity contribution in [2.24, 2.45) is 0 Å². The second-order valence-electron chi connectivity index (χ2n) is 6.97. The van der Waals surface area contributed by atoms with Crippen LogP contribution in [-0.2, 0) is 0 Å². The first-order valence-corrected chi connectivity index (χ1v) is 10.5. The topological polar surface area (TPSA) is 26.0 Å². The SMILES string of the molecule is Clc1cccc2c1sc1ccc3nc(-c4ccc(-c5ccccc5)cc4)oc3c12. The van der Waals surface area contributed by atoms with Crippen molar-refractivity contribution in [2.75, 3.05) is 0 Å². The summed E-state index contributed by atoms with van der Waals surface area (Å²) in [6, 6.07) is 28.8. The Hall–Kier alpha value is -3.14. The maximum absolute atomic E-state index is 6.41. The van der Waals surface area contributed by atoms with Crippen molar-refractivity contribution in [2.45, 2.75) is 0 Å². The van der Waals surface area contributed by atoms with Gasteiger partial charge in [-0.05, 0) is 41.5 Å². The van der Waals surface area contributed by atoms with Gasteiger partial charge in [-0.3, -0.25) is 0 Å². The number of fused-ring (bicyclic) bond motifs is 5. The van der Waals surface area contributed by atoms with Crippen LogP contribution in [0, 0.1) is 0 Å². The molecular formula is C25H14ClNOS. The summed E-state index contributed by atoms with van der Waals surface area (Å²) in [5.41, 5.74) is 5.01. The summed E-state index contributed by atoms with van der Waals surface area (Å²) in [6.07, 6.45) is 0.